The molecule has 7 heteroatoms. The third-order valence-corrected chi connectivity index (χ3v) is 6.21. The van der Waals surface area contributed by atoms with Crippen molar-refractivity contribution >= 4 is 27.4 Å². The van der Waals surface area contributed by atoms with Crippen LogP contribution in [0, 0.1) is 0 Å². The average Bonchev–Trinajstić information content (AvgIpc) is 2.47. The number of alkyl halides is 1. The van der Waals surface area contributed by atoms with Crippen LogP contribution in [-0.2, 0) is 10.0 Å². The van der Waals surface area contributed by atoms with Gasteiger partial charge >= 0.3 is 0 Å². The summed E-state index contributed by atoms with van der Waals surface area (Å²) in [6.45, 7) is 3.93. The van der Waals surface area contributed by atoms with Crippen LogP contribution in [0.3, 0.4) is 0 Å². The molecule has 19 heavy (non-hydrogen) atoms. The fourth-order valence-electron chi connectivity index (χ4n) is 2.05. The van der Waals surface area contributed by atoms with Crippen molar-refractivity contribution in [2.75, 3.05) is 37.0 Å². The molecule has 1 aliphatic heterocycles. The molecule has 1 aromatic rings. The summed E-state index contributed by atoms with van der Waals surface area (Å²) in [6.07, 6.45) is 1.74. The Labute approximate surface area is 119 Å². The van der Waals surface area contributed by atoms with Crippen molar-refractivity contribution in [1.82, 2.24) is 9.29 Å². The van der Waals surface area contributed by atoms with E-state index in [-0.39, 0.29) is 5.88 Å². The Kier molecular flexibility index (Phi) is 4.65. The van der Waals surface area contributed by atoms with Gasteiger partial charge in [-0.1, -0.05) is 6.07 Å². The summed E-state index contributed by atoms with van der Waals surface area (Å²) in [5.74, 6) is 1.02. The molecule has 2 heterocycles. The van der Waals surface area contributed by atoms with E-state index in [4.69, 9.17) is 11.6 Å². The summed E-state index contributed by atoms with van der Waals surface area (Å²) in [5.41, 5.74) is 0. The van der Waals surface area contributed by atoms with Crippen LogP contribution in [0.25, 0.3) is 0 Å². The Bertz CT molecular complexity index is 501. The Hall–Kier alpha value is -0.850. The molecule has 1 atom stereocenters. The second-order valence-electron chi connectivity index (χ2n) is 4.58. The molecular formula is C12H18ClN3O2S. The lowest BCUT2D eigenvalue weighted by molar-refractivity contribution is 0.380. The average molecular weight is 304 g/mol. The molecule has 0 aliphatic carbocycles. The predicted molar refractivity (Wildman–Crippen MR) is 77.1 cm³/mol. The van der Waals surface area contributed by atoms with Crippen LogP contribution in [0.1, 0.15) is 6.92 Å². The van der Waals surface area contributed by atoms with Gasteiger partial charge in [-0.05, 0) is 19.1 Å². The lowest BCUT2D eigenvalue weighted by Gasteiger charge is -2.35. The van der Waals surface area contributed by atoms with Crippen molar-refractivity contribution in [3.8, 4) is 0 Å². The molecule has 0 aromatic carbocycles. The van der Waals surface area contributed by atoms with Gasteiger partial charge in [-0.3, -0.25) is 0 Å². The number of hydrogen-bond donors (Lipinski definition) is 0. The molecule has 1 fully saturated rings. The summed E-state index contributed by atoms with van der Waals surface area (Å²) in [6, 6.07) is 5.74. The molecular weight excluding hydrogens is 286 g/mol. The van der Waals surface area contributed by atoms with Gasteiger partial charge < -0.3 is 4.90 Å². The van der Waals surface area contributed by atoms with Crippen molar-refractivity contribution in [3.05, 3.63) is 24.4 Å². The molecule has 106 valence electrons. The number of nitrogens with zero attached hydrogens (tertiary/aromatic N) is 3. The molecule has 1 unspecified atom stereocenters. The van der Waals surface area contributed by atoms with Crippen molar-refractivity contribution < 1.29 is 8.42 Å². The first-order chi connectivity index (χ1) is 9.05. The van der Waals surface area contributed by atoms with Gasteiger partial charge in [-0.25, -0.2) is 13.4 Å². The van der Waals surface area contributed by atoms with E-state index in [1.807, 2.05) is 18.2 Å². The zero-order valence-corrected chi connectivity index (χ0v) is 12.4. The maximum Gasteiger partial charge on any atom is 0.218 e. The molecule has 2 rings (SSSR count). The first kappa shape index (κ1) is 14.6. The van der Waals surface area contributed by atoms with Gasteiger partial charge in [0.1, 0.15) is 5.82 Å². The minimum atomic E-state index is -3.26. The van der Waals surface area contributed by atoms with Gasteiger partial charge in [0, 0.05) is 38.3 Å². The second kappa shape index (κ2) is 6.07. The maximum absolute atomic E-state index is 12.2. The summed E-state index contributed by atoms with van der Waals surface area (Å²) >= 11 is 5.65. The highest BCUT2D eigenvalue weighted by Crippen LogP contribution is 2.17. The monoisotopic (exact) mass is 303 g/mol. The zero-order chi connectivity index (χ0) is 13.9. The molecule has 1 saturated heterocycles. The molecule has 0 N–H and O–H groups in total. The van der Waals surface area contributed by atoms with Gasteiger partial charge in [0.15, 0.2) is 0 Å². The van der Waals surface area contributed by atoms with Crippen LogP contribution in [0.5, 0.6) is 0 Å². The highest BCUT2D eigenvalue weighted by atomic mass is 35.5. The smallest absolute Gasteiger partial charge is 0.218 e. The van der Waals surface area contributed by atoms with E-state index in [9.17, 15) is 8.42 Å². The summed E-state index contributed by atoms with van der Waals surface area (Å²) in [4.78, 5) is 6.37. The van der Waals surface area contributed by atoms with Crippen LogP contribution in [0.2, 0.25) is 0 Å². The number of pyridine rings is 1. The Morgan fingerprint density at radius 2 is 2.00 bits per heavy atom. The molecule has 1 aromatic heterocycles. The lowest BCUT2D eigenvalue weighted by atomic mass is 10.3. The molecule has 0 amide bonds. The highest BCUT2D eigenvalue weighted by Gasteiger charge is 2.31. The Balaban J connectivity index is 2.00. The van der Waals surface area contributed by atoms with Crippen LogP contribution in [0.15, 0.2) is 24.4 Å². The van der Waals surface area contributed by atoms with Crippen LogP contribution >= 0.6 is 11.6 Å². The SMILES string of the molecule is CC(CCl)S(=O)(=O)N1CCN(c2ccccn2)CC1. The summed E-state index contributed by atoms with van der Waals surface area (Å²) in [7, 11) is -3.26. The standard InChI is InChI=1S/C12H18ClN3O2S/c1-11(10-13)19(17,18)16-8-6-15(7-9-16)12-4-2-3-5-14-12/h2-5,11H,6-10H2,1H3. The topological polar surface area (TPSA) is 53.5 Å². The molecule has 1 aliphatic rings. The third kappa shape index (κ3) is 3.19. The van der Waals surface area contributed by atoms with Gasteiger partial charge in [0.05, 0.1) is 5.25 Å². The Morgan fingerprint density at radius 1 is 1.32 bits per heavy atom. The van der Waals surface area contributed by atoms with Crippen LogP contribution in [0.4, 0.5) is 5.82 Å². The van der Waals surface area contributed by atoms with E-state index in [1.54, 1.807) is 13.1 Å². The number of piperazine rings is 1. The van der Waals surface area contributed by atoms with E-state index in [1.165, 1.54) is 4.31 Å². The molecule has 0 bridgehead atoms. The fourth-order valence-corrected chi connectivity index (χ4v) is 3.86. The van der Waals surface area contributed by atoms with Gasteiger partial charge in [0.2, 0.25) is 10.0 Å². The highest BCUT2D eigenvalue weighted by molar-refractivity contribution is 7.89. The first-order valence-electron chi connectivity index (χ1n) is 6.26. The van der Waals surface area contributed by atoms with E-state index in [2.05, 4.69) is 9.88 Å². The van der Waals surface area contributed by atoms with Crippen molar-refractivity contribution in [3.63, 3.8) is 0 Å². The molecule has 0 saturated carbocycles. The maximum atomic E-state index is 12.2. The summed E-state index contributed by atoms with van der Waals surface area (Å²) in [5, 5.41) is -0.532. The fraction of sp³-hybridized carbons (Fsp3) is 0.583. The molecule has 0 spiro atoms. The van der Waals surface area contributed by atoms with Crippen LogP contribution in [-0.4, -0.2) is 55.0 Å². The third-order valence-electron chi connectivity index (χ3n) is 3.30. The number of halogens is 1. The van der Waals surface area contributed by atoms with Crippen molar-refractivity contribution in [1.29, 1.82) is 0 Å². The molecule has 0 radical (unpaired) electrons. The first-order valence-corrected chi connectivity index (χ1v) is 8.30. The lowest BCUT2D eigenvalue weighted by Crippen LogP contribution is -2.51. The minimum Gasteiger partial charge on any atom is -0.354 e. The van der Waals surface area contributed by atoms with Crippen molar-refractivity contribution in [2.45, 2.75) is 12.2 Å². The largest absolute Gasteiger partial charge is 0.354 e. The number of rotatable bonds is 4. The van der Waals surface area contributed by atoms with Gasteiger partial charge in [0.25, 0.3) is 0 Å². The van der Waals surface area contributed by atoms with Gasteiger partial charge in [-0.2, -0.15) is 4.31 Å². The van der Waals surface area contributed by atoms with Gasteiger partial charge in [-0.15, -0.1) is 11.6 Å². The van der Waals surface area contributed by atoms with E-state index < -0.39 is 15.3 Å². The Morgan fingerprint density at radius 3 is 2.53 bits per heavy atom. The second-order valence-corrected chi connectivity index (χ2v) is 7.24. The minimum absolute atomic E-state index is 0.128. The van der Waals surface area contributed by atoms with E-state index in [0.29, 0.717) is 26.2 Å². The number of hydrogen-bond acceptors (Lipinski definition) is 4. The molecule has 5 nitrogen and oxygen atoms in total. The quantitative estimate of drug-likeness (QED) is 0.783. The van der Waals surface area contributed by atoms with Crippen LogP contribution < -0.4 is 4.90 Å². The normalized spacial score (nSPS) is 19.4. The van der Waals surface area contributed by atoms with Crippen molar-refractivity contribution in [2.24, 2.45) is 0 Å². The number of anilines is 1. The number of aromatic nitrogens is 1. The summed E-state index contributed by atoms with van der Waals surface area (Å²) < 4.78 is 25.9. The number of sulfonamides is 1. The van der Waals surface area contributed by atoms with E-state index in [0.717, 1.165) is 5.82 Å². The van der Waals surface area contributed by atoms with E-state index >= 15 is 0 Å². The predicted octanol–water partition coefficient (Wildman–Crippen LogP) is 1.16. The zero-order valence-electron chi connectivity index (χ0n) is 10.9.